The van der Waals surface area contributed by atoms with E-state index in [1.54, 1.807) is 13.0 Å². The van der Waals surface area contributed by atoms with Crippen molar-refractivity contribution < 1.29 is 19.4 Å². The van der Waals surface area contributed by atoms with Crippen LogP contribution < -0.4 is 0 Å². The van der Waals surface area contributed by atoms with Gasteiger partial charge in [0.25, 0.3) is 0 Å². The quantitative estimate of drug-likeness (QED) is 0.423. The fraction of sp³-hybridized carbons (Fsp3) is 0.850. The lowest BCUT2D eigenvalue weighted by Gasteiger charge is -2.59. The molecule has 1 aliphatic heterocycles. The third kappa shape index (κ3) is 3.60. The van der Waals surface area contributed by atoms with E-state index < -0.39 is 14.2 Å². The zero-order valence-corrected chi connectivity index (χ0v) is 17.4. The highest BCUT2D eigenvalue weighted by molar-refractivity contribution is 6.76. The molecule has 1 saturated heterocycles. The molecule has 25 heavy (non-hydrogen) atoms. The van der Waals surface area contributed by atoms with E-state index in [1.807, 2.05) is 0 Å². The summed E-state index contributed by atoms with van der Waals surface area (Å²) in [6.07, 6.45) is 5.40. The van der Waals surface area contributed by atoms with Crippen molar-refractivity contribution in [2.75, 3.05) is 13.2 Å². The van der Waals surface area contributed by atoms with Crippen molar-refractivity contribution in [2.45, 2.75) is 76.9 Å². The van der Waals surface area contributed by atoms with E-state index in [2.05, 4.69) is 26.6 Å². The van der Waals surface area contributed by atoms with Gasteiger partial charge in [0.05, 0.1) is 24.9 Å². The van der Waals surface area contributed by atoms with Crippen molar-refractivity contribution >= 4 is 14.0 Å². The summed E-state index contributed by atoms with van der Waals surface area (Å²) >= 11 is 0. The van der Waals surface area contributed by atoms with Crippen molar-refractivity contribution in [3.63, 3.8) is 0 Å². The molecule has 4 nitrogen and oxygen atoms in total. The molecule has 142 valence electrons. The number of hydrogen-bond donors (Lipinski definition) is 1. The molecule has 0 amide bonds. The molecule has 0 radical (unpaired) electrons. The van der Waals surface area contributed by atoms with Crippen LogP contribution in [-0.4, -0.2) is 44.1 Å². The molecule has 1 heterocycles. The van der Waals surface area contributed by atoms with Gasteiger partial charge in [-0.15, -0.1) is 0 Å². The zero-order valence-electron chi connectivity index (χ0n) is 16.4. The third-order valence-corrected chi connectivity index (χ3v) is 8.57. The lowest BCUT2D eigenvalue weighted by Crippen LogP contribution is -2.58. The molecule has 0 spiro atoms. The highest BCUT2D eigenvalue weighted by atomic mass is 28.3. The SMILES string of the molecule is C/C(=C\[C@H](O)C[C@]12CO[C@]3(C)CC[C@H]1C[C@H]23)C(=O)OCC[Si](C)(C)C. The Morgan fingerprint density at radius 3 is 2.80 bits per heavy atom. The average Bonchev–Trinajstić information content (AvgIpc) is 2.62. The monoisotopic (exact) mass is 366 g/mol. The molecule has 4 aliphatic rings. The molecule has 0 unspecified atom stereocenters. The molecular weight excluding hydrogens is 332 g/mol. The van der Waals surface area contributed by atoms with E-state index >= 15 is 0 Å². The number of aliphatic hydroxyl groups is 1. The van der Waals surface area contributed by atoms with E-state index in [-0.39, 0.29) is 17.0 Å². The summed E-state index contributed by atoms with van der Waals surface area (Å²) in [5.41, 5.74) is 0.666. The highest BCUT2D eigenvalue weighted by Crippen LogP contribution is 2.70. The zero-order chi connectivity index (χ0) is 18.5. The summed E-state index contributed by atoms with van der Waals surface area (Å²) in [5.74, 6) is 0.960. The predicted octanol–water partition coefficient (Wildman–Crippen LogP) is 3.77. The van der Waals surface area contributed by atoms with Crippen molar-refractivity contribution in [1.29, 1.82) is 0 Å². The Balaban J connectivity index is 1.54. The van der Waals surface area contributed by atoms with E-state index in [1.165, 1.54) is 12.8 Å². The molecule has 4 bridgehead atoms. The molecule has 5 heteroatoms. The first kappa shape index (κ1) is 19.1. The van der Waals surface area contributed by atoms with Crippen LogP contribution in [0.3, 0.4) is 0 Å². The fourth-order valence-corrected chi connectivity index (χ4v) is 5.92. The molecule has 0 aromatic carbocycles. The summed E-state index contributed by atoms with van der Waals surface area (Å²) in [7, 11) is -1.20. The van der Waals surface area contributed by atoms with Crippen molar-refractivity contribution in [3.8, 4) is 0 Å². The summed E-state index contributed by atoms with van der Waals surface area (Å²) in [5, 5.41) is 10.6. The van der Waals surface area contributed by atoms with Crippen LogP contribution >= 0.6 is 0 Å². The van der Waals surface area contributed by atoms with Gasteiger partial charge in [0.2, 0.25) is 0 Å². The molecular formula is C20H34O4Si. The summed E-state index contributed by atoms with van der Waals surface area (Å²) in [6, 6.07) is 0.969. The summed E-state index contributed by atoms with van der Waals surface area (Å²) < 4.78 is 11.5. The first-order chi connectivity index (χ1) is 11.6. The highest BCUT2D eigenvalue weighted by Gasteiger charge is 2.69. The lowest BCUT2D eigenvalue weighted by atomic mass is 9.43. The number of esters is 1. The number of hydrogen-bond acceptors (Lipinski definition) is 4. The molecule has 4 fully saturated rings. The predicted molar refractivity (Wildman–Crippen MR) is 101 cm³/mol. The second-order valence-corrected chi connectivity index (χ2v) is 15.5. The smallest absolute Gasteiger partial charge is 0.333 e. The van der Waals surface area contributed by atoms with Crippen LogP contribution in [0.5, 0.6) is 0 Å². The van der Waals surface area contributed by atoms with Gasteiger partial charge in [0, 0.05) is 19.1 Å². The number of carbonyl (C=O) groups is 1. The van der Waals surface area contributed by atoms with Gasteiger partial charge in [-0.1, -0.05) is 19.6 Å². The van der Waals surface area contributed by atoms with Gasteiger partial charge in [0.15, 0.2) is 0 Å². The second kappa shape index (κ2) is 6.50. The molecule has 5 atom stereocenters. The van der Waals surface area contributed by atoms with Crippen LogP contribution in [0.25, 0.3) is 0 Å². The normalized spacial score (nSPS) is 38.2. The standard InChI is InChI=1S/C20H34O4Si/c1-14(18(22)23-8-9-25(3,4)5)10-16(21)12-20-13-24-19(2)7-6-15(20)11-17(19)20/h10,15-17,21H,6-9,11-13H2,1-5H3/b14-10+/t15-,16-,17-,19+,20-/m0/s1. The Hall–Kier alpha value is -0.653. The second-order valence-electron chi connectivity index (χ2n) is 9.93. The van der Waals surface area contributed by atoms with Crippen LogP contribution in [0, 0.1) is 17.3 Å². The largest absolute Gasteiger partial charge is 0.463 e. The van der Waals surface area contributed by atoms with Gasteiger partial charge >= 0.3 is 5.97 Å². The van der Waals surface area contributed by atoms with Crippen LogP contribution in [-0.2, 0) is 14.3 Å². The van der Waals surface area contributed by atoms with Crippen molar-refractivity contribution in [1.82, 2.24) is 0 Å². The fourth-order valence-electron chi connectivity index (χ4n) is 5.20. The minimum Gasteiger partial charge on any atom is -0.463 e. The lowest BCUT2D eigenvalue weighted by molar-refractivity contribution is -0.138. The van der Waals surface area contributed by atoms with E-state index in [0.717, 1.165) is 19.1 Å². The first-order valence-corrected chi connectivity index (χ1v) is 13.4. The summed E-state index contributed by atoms with van der Waals surface area (Å²) in [4.78, 5) is 12.1. The molecule has 4 rings (SSSR count). The minimum absolute atomic E-state index is 0.0169. The maximum atomic E-state index is 12.1. The number of aliphatic hydroxyl groups excluding tert-OH is 1. The Kier molecular flexibility index (Phi) is 4.97. The maximum absolute atomic E-state index is 12.1. The van der Waals surface area contributed by atoms with E-state index in [0.29, 0.717) is 30.4 Å². The molecule has 3 aliphatic carbocycles. The van der Waals surface area contributed by atoms with Crippen LogP contribution in [0.4, 0.5) is 0 Å². The molecule has 1 N–H and O–H groups in total. The molecule has 0 aromatic rings. The number of rotatable bonds is 7. The maximum Gasteiger partial charge on any atom is 0.333 e. The Labute approximate surface area is 153 Å². The Morgan fingerprint density at radius 2 is 2.16 bits per heavy atom. The van der Waals surface area contributed by atoms with Crippen molar-refractivity contribution in [2.24, 2.45) is 17.3 Å². The van der Waals surface area contributed by atoms with Gasteiger partial charge in [-0.25, -0.2) is 4.79 Å². The van der Waals surface area contributed by atoms with Crippen LogP contribution in [0.2, 0.25) is 25.7 Å². The first-order valence-electron chi connectivity index (χ1n) is 9.73. The van der Waals surface area contributed by atoms with Gasteiger partial charge in [0.1, 0.15) is 0 Å². The Morgan fingerprint density at radius 1 is 1.44 bits per heavy atom. The van der Waals surface area contributed by atoms with Gasteiger partial charge < -0.3 is 14.6 Å². The number of fused-ring (bicyclic) bond motifs is 1. The van der Waals surface area contributed by atoms with Crippen LogP contribution in [0.1, 0.15) is 39.5 Å². The number of ether oxygens (including phenoxy) is 2. The number of carbonyl (C=O) groups excluding carboxylic acids is 1. The summed E-state index contributed by atoms with van der Waals surface area (Å²) in [6.45, 7) is 12.0. The molecule has 0 aromatic heterocycles. The van der Waals surface area contributed by atoms with E-state index in [4.69, 9.17) is 9.47 Å². The molecule has 3 saturated carbocycles. The Bertz CT molecular complexity index is 565. The third-order valence-electron chi connectivity index (χ3n) is 6.86. The van der Waals surface area contributed by atoms with Gasteiger partial charge in [-0.3, -0.25) is 0 Å². The minimum atomic E-state index is -1.20. The van der Waals surface area contributed by atoms with Crippen LogP contribution in [0.15, 0.2) is 11.6 Å². The van der Waals surface area contributed by atoms with Gasteiger partial charge in [-0.05, 0) is 63.5 Å². The van der Waals surface area contributed by atoms with Crippen molar-refractivity contribution in [3.05, 3.63) is 11.6 Å². The topological polar surface area (TPSA) is 55.8 Å². The van der Waals surface area contributed by atoms with E-state index in [9.17, 15) is 9.90 Å². The van der Waals surface area contributed by atoms with Gasteiger partial charge in [-0.2, -0.15) is 0 Å². The average molecular weight is 367 g/mol.